The molecular formula is C23H22N2O2S. The third kappa shape index (κ3) is 3.29. The highest BCUT2D eigenvalue weighted by Gasteiger charge is 2.26. The van der Waals surface area contributed by atoms with Crippen molar-refractivity contribution in [2.24, 2.45) is 0 Å². The Labute approximate surface area is 165 Å². The Kier molecular flexibility index (Phi) is 4.69. The second-order valence-electron chi connectivity index (χ2n) is 7.02. The van der Waals surface area contributed by atoms with Crippen molar-refractivity contribution in [2.75, 3.05) is 0 Å². The predicted octanol–water partition coefficient (Wildman–Crippen LogP) is 4.85. The van der Waals surface area contributed by atoms with Gasteiger partial charge < -0.3 is 4.98 Å². The van der Waals surface area contributed by atoms with Crippen LogP contribution in [-0.4, -0.2) is 17.4 Å². The number of aromatic amines is 1. The smallest absolute Gasteiger partial charge is 0.267 e. The summed E-state index contributed by atoms with van der Waals surface area (Å²) < 4.78 is 28.1. The summed E-state index contributed by atoms with van der Waals surface area (Å²) in [7, 11) is -3.69. The summed E-state index contributed by atoms with van der Waals surface area (Å²) in [5.41, 5.74) is 4.87. The van der Waals surface area contributed by atoms with Crippen molar-refractivity contribution in [3.8, 4) is 0 Å². The molecule has 4 nitrogen and oxygen atoms in total. The summed E-state index contributed by atoms with van der Waals surface area (Å²) in [4.78, 5) is 3.54. The zero-order valence-electron chi connectivity index (χ0n) is 15.8. The number of aromatic nitrogens is 2. The Morgan fingerprint density at radius 2 is 1.46 bits per heavy atom. The Hall–Kier alpha value is -3.05. The van der Waals surface area contributed by atoms with E-state index in [0.29, 0.717) is 5.69 Å². The summed E-state index contributed by atoms with van der Waals surface area (Å²) in [6.45, 7) is 3.98. The molecule has 0 saturated carbocycles. The molecule has 1 atom stereocenters. The minimum Gasteiger partial charge on any atom is -0.364 e. The fourth-order valence-electron chi connectivity index (χ4n) is 3.44. The van der Waals surface area contributed by atoms with Crippen LogP contribution in [0.4, 0.5) is 0 Å². The van der Waals surface area contributed by atoms with Crippen LogP contribution in [0.15, 0.2) is 90.1 Å². The van der Waals surface area contributed by atoms with Crippen LogP contribution in [0.3, 0.4) is 0 Å². The molecule has 0 fully saturated rings. The molecule has 0 saturated heterocycles. The summed E-state index contributed by atoms with van der Waals surface area (Å²) in [6.07, 6.45) is 3.48. The second kappa shape index (κ2) is 7.17. The maximum atomic E-state index is 13.3. The number of H-pyrrole nitrogens is 1. The number of hydrogen-bond donors (Lipinski definition) is 1. The standard InChI is InChI=1S/C23H22N2O2S/c1-17-7-11-19(12-8-17)23(21-5-3-15-24-21)22-6-4-16-25(22)28(26,27)20-13-9-18(2)10-14-20/h3-16,23-24H,1-2H3. The maximum absolute atomic E-state index is 13.3. The van der Waals surface area contributed by atoms with Gasteiger partial charge in [0.05, 0.1) is 10.8 Å². The molecular weight excluding hydrogens is 368 g/mol. The van der Waals surface area contributed by atoms with Gasteiger partial charge in [-0.3, -0.25) is 0 Å². The lowest BCUT2D eigenvalue weighted by Gasteiger charge is -2.20. The van der Waals surface area contributed by atoms with Crippen molar-refractivity contribution < 1.29 is 8.42 Å². The normalized spacial score (nSPS) is 12.8. The SMILES string of the molecule is Cc1ccc(C(c2ccc[nH]2)c2cccn2S(=O)(=O)c2ccc(C)cc2)cc1. The van der Waals surface area contributed by atoms with Crippen LogP contribution in [0.1, 0.15) is 34.0 Å². The minimum atomic E-state index is -3.69. The molecule has 2 aromatic carbocycles. The van der Waals surface area contributed by atoms with Crippen LogP contribution in [0.2, 0.25) is 0 Å². The van der Waals surface area contributed by atoms with Gasteiger partial charge in [-0.15, -0.1) is 0 Å². The molecule has 4 rings (SSSR count). The average Bonchev–Trinajstić information content (AvgIpc) is 3.37. The van der Waals surface area contributed by atoms with Gasteiger partial charge in [0, 0.05) is 23.8 Å². The summed E-state index contributed by atoms with van der Waals surface area (Å²) in [5.74, 6) is -0.217. The summed E-state index contributed by atoms with van der Waals surface area (Å²) in [6, 6.07) is 22.7. The maximum Gasteiger partial charge on any atom is 0.267 e. The van der Waals surface area contributed by atoms with Crippen LogP contribution < -0.4 is 0 Å². The van der Waals surface area contributed by atoms with Crippen LogP contribution in [0, 0.1) is 13.8 Å². The van der Waals surface area contributed by atoms with Gasteiger partial charge in [-0.05, 0) is 55.8 Å². The number of aryl methyl sites for hydroxylation is 2. The highest BCUT2D eigenvalue weighted by atomic mass is 32.2. The van der Waals surface area contributed by atoms with E-state index in [1.165, 1.54) is 3.97 Å². The molecule has 0 aliphatic rings. The quantitative estimate of drug-likeness (QED) is 0.530. The van der Waals surface area contributed by atoms with Crippen LogP contribution in [0.25, 0.3) is 0 Å². The van der Waals surface area contributed by atoms with Gasteiger partial charge in [-0.1, -0.05) is 47.5 Å². The largest absolute Gasteiger partial charge is 0.364 e. The van der Waals surface area contributed by atoms with Crippen molar-refractivity contribution in [3.05, 3.63) is 113 Å². The van der Waals surface area contributed by atoms with E-state index in [9.17, 15) is 8.42 Å². The summed E-state index contributed by atoms with van der Waals surface area (Å²) >= 11 is 0. The molecule has 1 N–H and O–H groups in total. The van der Waals surface area contributed by atoms with Gasteiger partial charge >= 0.3 is 0 Å². The molecule has 28 heavy (non-hydrogen) atoms. The molecule has 0 radical (unpaired) electrons. The minimum absolute atomic E-state index is 0.217. The van der Waals surface area contributed by atoms with Crippen LogP contribution in [-0.2, 0) is 10.0 Å². The van der Waals surface area contributed by atoms with E-state index in [-0.39, 0.29) is 10.8 Å². The van der Waals surface area contributed by atoms with E-state index in [4.69, 9.17) is 0 Å². The number of hydrogen-bond acceptors (Lipinski definition) is 2. The third-order valence-electron chi connectivity index (χ3n) is 4.96. The number of nitrogens with one attached hydrogen (secondary N) is 1. The molecule has 5 heteroatoms. The Morgan fingerprint density at radius 1 is 0.821 bits per heavy atom. The van der Waals surface area contributed by atoms with Gasteiger partial charge in [-0.25, -0.2) is 12.4 Å². The first-order valence-electron chi connectivity index (χ1n) is 9.16. The number of benzene rings is 2. The first-order chi connectivity index (χ1) is 13.5. The van der Waals surface area contributed by atoms with E-state index in [0.717, 1.165) is 22.4 Å². The molecule has 1 unspecified atom stereocenters. The van der Waals surface area contributed by atoms with E-state index in [1.54, 1.807) is 24.4 Å². The molecule has 0 aliphatic heterocycles. The highest BCUT2D eigenvalue weighted by Crippen LogP contribution is 2.33. The van der Waals surface area contributed by atoms with E-state index < -0.39 is 10.0 Å². The third-order valence-corrected chi connectivity index (χ3v) is 6.68. The monoisotopic (exact) mass is 390 g/mol. The lowest BCUT2D eigenvalue weighted by molar-refractivity contribution is 0.584. The fraction of sp³-hybridized carbons (Fsp3) is 0.130. The van der Waals surface area contributed by atoms with Gasteiger partial charge in [0.15, 0.2) is 0 Å². The molecule has 2 aromatic heterocycles. The summed E-state index contributed by atoms with van der Waals surface area (Å²) in [5, 5.41) is 0. The molecule has 2 heterocycles. The fourth-order valence-corrected chi connectivity index (χ4v) is 4.82. The molecule has 142 valence electrons. The van der Waals surface area contributed by atoms with Crippen molar-refractivity contribution in [1.29, 1.82) is 0 Å². The van der Waals surface area contributed by atoms with Crippen molar-refractivity contribution in [3.63, 3.8) is 0 Å². The van der Waals surface area contributed by atoms with Crippen LogP contribution in [0.5, 0.6) is 0 Å². The van der Waals surface area contributed by atoms with E-state index in [1.807, 2.05) is 62.5 Å². The molecule has 0 aliphatic carbocycles. The predicted molar refractivity (Wildman–Crippen MR) is 111 cm³/mol. The lowest BCUT2D eigenvalue weighted by atomic mass is 9.92. The van der Waals surface area contributed by atoms with Crippen molar-refractivity contribution in [2.45, 2.75) is 24.7 Å². The number of nitrogens with zero attached hydrogens (tertiary/aromatic N) is 1. The molecule has 0 spiro atoms. The van der Waals surface area contributed by atoms with E-state index in [2.05, 4.69) is 17.1 Å². The van der Waals surface area contributed by atoms with Gasteiger partial charge in [0.1, 0.15) is 0 Å². The zero-order chi connectivity index (χ0) is 19.7. The topological polar surface area (TPSA) is 54.9 Å². The molecule has 0 amide bonds. The Morgan fingerprint density at radius 3 is 2.07 bits per heavy atom. The van der Waals surface area contributed by atoms with Gasteiger partial charge in [0.25, 0.3) is 10.0 Å². The Balaban J connectivity index is 1.87. The highest BCUT2D eigenvalue weighted by molar-refractivity contribution is 7.90. The first kappa shape index (κ1) is 18.3. The van der Waals surface area contributed by atoms with Crippen molar-refractivity contribution in [1.82, 2.24) is 8.96 Å². The lowest BCUT2D eigenvalue weighted by Crippen LogP contribution is -2.18. The average molecular weight is 391 g/mol. The Bertz CT molecular complexity index is 1170. The van der Waals surface area contributed by atoms with Gasteiger partial charge in [-0.2, -0.15) is 0 Å². The zero-order valence-corrected chi connectivity index (χ0v) is 16.6. The first-order valence-corrected chi connectivity index (χ1v) is 10.6. The van der Waals surface area contributed by atoms with Crippen LogP contribution >= 0.6 is 0 Å². The molecule has 4 aromatic rings. The van der Waals surface area contributed by atoms with E-state index >= 15 is 0 Å². The number of rotatable bonds is 5. The van der Waals surface area contributed by atoms with Crippen molar-refractivity contribution >= 4 is 10.0 Å². The van der Waals surface area contributed by atoms with Gasteiger partial charge in [0.2, 0.25) is 0 Å². The molecule has 0 bridgehead atoms. The second-order valence-corrected chi connectivity index (χ2v) is 8.83.